The third kappa shape index (κ3) is 1.91. The number of nitrogens with zero attached hydrogens (tertiary/aromatic N) is 1. The third-order valence-electron chi connectivity index (χ3n) is 4.05. The second-order valence-corrected chi connectivity index (χ2v) is 6.30. The van der Waals surface area contributed by atoms with E-state index in [1.807, 2.05) is 11.3 Å². The molecule has 2 N–H and O–H groups in total. The van der Waals surface area contributed by atoms with Gasteiger partial charge in [0.1, 0.15) is 0 Å². The Morgan fingerprint density at radius 2 is 2.28 bits per heavy atom. The van der Waals surface area contributed by atoms with Gasteiger partial charge in [0.2, 0.25) is 0 Å². The van der Waals surface area contributed by atoms with Gasteiger partial charge in [0.15, 0.2) is 0 Å². The highest BCUT2D eigenvalue weighted by atomic mass is 32.1. The number of nitrogens with two attached hydrogens (primary N) is 1. The van der Waals surface area contributed by atoms with Gasteiger partial charge in [0.05, 0.1) is 6.54 Å². The first-order valence-electron chi connectivity index (χ1n) is 6.64. The number of rotatable bonds is 2. The molecule has 1 atom stereocenters. The Balaban J connectivity index is 2.00. The van der Waals surface area contributed by atoms with Crippen molar-refractivity contribution in [1.29, 1.82) is 0 Å². The summed E-state index contributed by atoms with van der Waals surface area (Å²) in [6.07, 6.45) is 3.54. The van der Waals surface area contributed by atoms with Crippen molar-refractivity contribution in [2.24, 2.45) is 5.73 Å². The Bertz CT molecular complexity index is 565. The highest BCUT2D eigenvalue weighted by Gasteiger charge is 2.22. The summed E-state index contributed by atoms with van der Waals surface area (Å²) in [5, 5.41) is 2.18. The van der Waals surface area contributed by atoms with E-state index in [0.717, 1.165) is 13.0 Å². The van der Waals surface area contributed by atoms with Crippen molar-refractivity contribution in [2.75, 3.05) is 0 Å². The molecule has 1 aliphatic rings. The minimum absolute atomic E-state index is 0.248. The van der Waals surface area contributed by atoms with Gasteiger partial charge in [0, 0.05) is 22.3 Å². The molecule has 18 heavy (non-hydrogen) atoms. The van der Waals surface area contributed by atoms with Gasteiger partial charge in [-0.2, -0.15) is 0 Å². The van der Waals surface area contributed by atoms with Crippen LogP contribution in [0.25, 0.3) is 0 Å². The summed E-state index contributed by atoms with van der Waals surface area (Å²) in [5.74, 6) is 0. The molecular weight excluding hydrogens is 240 g/mol. The summed E-state index contributed by atoms with van der Waals surface area (Å²) >= 11 is 1.86. The maximum atomic E-state index is 6.22. The zero-order chi connectivity index (χ0) is 12.7. The van der Waals surface area contributed by atoms with Crippen LogP contribution < -0.4 is 5.73 Å². The molecule has 1 aliphatic carbocycles. The van der Waals surface area contributed by atoms with E-state index in [1.54, 1.807) is 0 Å². The van der Waals surface area contributed by atoms with Crippen molar-refractivity contribution < 1.29 is 0 Å². The van der Waals surface area contributed by atoms with Crippen molar-refractivity contribution in [1.82, 2.24) is 4.57 Å². The van der Waals surface area contributed by atoms with Gasteiger partial charge in [-0.25, -0.2) is 0 Å². The first kappa shape index (κ1) is 12.0. The van der Waals surface area contributed by atoms with E-state index in [4.69, 9.17) is 5.73 Å². The number of aromatic nitrogens is 1. The van der Waals surface area contributed by atoms with Gasteiger partial charge in [-0.05, 0) is 61.7 Å². The predicted octanol–water partition coefficient (Wildman–Crippen LogP) is 3.55. The van der Waals surface area contributed by atoms with Crippen LogP contribution in [0.2, 0.25) is 0 Å². The van der Waals surface area contributed by atoms with Gasteiger partial charge in [-0.15, -0.1) is 11.3 Å². The van der Waals surface area contributed by atoms with Crippen LogP contribution in [0.1, 0.15) is 46.3 Å². The molecule has 0 aliphatic heterocycles. The first-order chi connectivity index (χ1) is 8.66. The van der Waals surface area contributed by atoms with E-state index in [0.29, 0.717) is 0 Å². The van der Waals surface area contributed by atoms with Crippen molar-refractivity contribution in [3.63, 3.8) is 0 Å². The Morgan fingerprint density at radius 3 is 3.00 bits per heavy atom. The lowest BCUT2D eigenvalue weighted by Gasteiger charge is -2.21. The number of thiophene rings is 1. The van der Waals surface area contributed by atoms with Crippen LogP contribution in [0, 0.1) is 13.8 Å². The Hall–Kier alpha value is -1.06. The number of fused-ring (bicyclic) bond motifs is 1. The fraction of sp³-hybridized carbons (Fsp3) is 0.467. The topological polar surface area (TPSA) is 30.9 Å². The van der Waals surface area contributed by atoms with Gasteiger partial charge < -0.3 is 10.3 Å². The van der Waals surface area contributed by atoms with Crippen LogP contribution in [-0.2, 0) is 13.0 Å². The fourth-order valence-corrected chi connectivity index (χ4v) is 3.82. The molecule has 0 fully saturated rings. The molecule has 0 aromatic carbocycles. The Labute approximate surface area is 112 Å². The first-order valence-corrected chi connectivity index (χ1v) is 7.52. The van der Waals surface area contributed by atoms with E-state index in [9.17, 15) is 0 Å². The summed E-state index contributed by atoms with van der Waals surface area (Å²) in [6.45, 7) is 5.41. The highest BCUT2D eigenvalue weighted by Crippen LogP contribution is 2.32. The average Bonchev–Trinajstić information content (AvgIpc) is 2.87. The molecule has 3 heteroatoms. The molecule has 0 spiro atoms. The monoisotopic (exact) mass is 260 g/mol. The van der Waals surface area contributed by atoms with Crippen LogP contribution in [0.5, 0.6) is 0 Å². The van der Waals surface area contributed by atoms with E-state index in [1.165, 1.54) is 40.2 Å². The molecular formula is C15H20N2S. The molecule has 0 saturated heterocycles. The third-order valence-corrected chi connectivity index (χ3v) is 5.06. The Morgan fingerprint density at radius 1 is 1.44 bits per heavy atom. The normalized spacial score (nSPS) is 18.9. The van der Waals surface area contributed by atoms with Gasteiger partial charge in [-0.3, -0.25) is 0 Å². The van der Waals surface area contributed by atoms with Crippen LogP contribution in [0.15, 0.2) is 17.5 Å². The van der Waals surface area contributed by atoms with Gasteiger partial charge in [-0.1, -0.05) is 0 Å². The Kier molecular flexibility index (Phi) is 3.04. The SMILES string of the molecule is Cc1ccsc1Cn1c(C)cc2c1CCCC2N. The molecule has 2 aromatic rings. The second-order valence-electron chi connectivity index (χ2n) is 5.30. The largest absolute Gasteiger partial charge is 0.343 e. The quantitative estimate of drug-likeness (QED) is 0.879. The maximum Gasteiger partial charge on any atom is 0.0571 e. The number of aryl methyl sites for hydroxylation is 2. The van der Waals surface area contributed by atoms with Gasteiger partial charge in [0.25, 0.3) is 0 Å². The minimum Gasteiger partial charge on any atom is -0.343 e. The lowest BCUT2D eigenvalue weighted by molar-refractivity contribution is 0.547. The van der Waals surface area contributed by atoms with Crippen LogP contribution in [0.4, 0.5) is 0 Å². The minimum atomic E-state index is 0.248. The average molecular weight is 260 g/mol. The molecule has 0 amide bonds. The van der Waals surface area contributed by atoms with E-state index >= 15 is 0 Å². The summed E-state index contributed by atoms with van der Waals surface area (Å²) in [5.41, 5.74) is 11.8. The number of hydrogen-bond donors (Lipinski definition) is 1. The molecule has 0 saturated carbocycles. The molecule has 0 bridgehead atoms. The van der Waals surface area contributed by atoms with E-state index in [2.05, 4.69) is 35.9 Å². The summed E-state index contributed by atoms with van der Waals surface area (Å²) < 4.78 is 2.47. The van der Waals surface area contributed by atoms with Crippen molar-refractivity contribution in [3.05, 3.63) is 44.9 Å². The van der Waals surface area contributed by atoms with Crippen molar-refractivity contribution in [3.8, 4) is 0 Å². The molecule has 2 heterocycles. The van der Waals surface area contributed by atoms with Crippen LogP contribution >= 0.6 is 11.3 Å². The molecule has 0 radical (unpaired) electrons. The van der Waals surface area contributed by atoms with Crippen molar-refractivity contribution >= 4 is 11.3 Å². The summed E-state index contributed by atoms with van der Waals surface area (Å²) in [7, 11) is 0. The second kappa shape index (κ2) is 4.56. The molecule has 3 rings (SSSR count). The highest BCUT2D eigenvalue weighted by molar-refractivity contribution is 7.10. The summed E-state index contributed by atoms with van der Waals surface area (Å²) in [4.78, 5) is 1.47. The molecule has 2 nitrogen and oxygen atoms in total. The van der Waals surface area contributed by atoms with E-state index < -0.39 is 0 Å². The standard InChI is InChI=1S/C15H20N2S/c1-10-6-7-18-15(10)9-17-11(2)8-12-13(16)4-3-5-14(12)17/h6-8,13H,3-5,9,16H2,1-2H3. The molecule has 96 valence electrons. The van der Waals surface area contributed by atoms with Crippen LogP contribution in [-0.4, -0.2) is 4.57 Å². The van der Waals surface area contributed by atoms with Crippen molar-refractivity contribution in [2.45, 2.75) is 45.7 Å². The smallest absolute Gasteiger partial charge is 0.0571 e. The zero-order valence-electron chi connectivity index (χ0n) is 11.1. The maximum absolute atomic E-state index is 6.22. The molecule has 2 aromatic heterocycles. The zero-order valence-corrected chi connectivity index (χ0v) is 11.9. The fourth-order valence-electron chi connectivity index (χ4n) is 2.93. The van der Waals surface area contributed by atoms with Gasteiger partial charge >= 0.3 is 0 Å². The molecule has 1 unspecified atom stereocenters. The summed E-state index contributed by atoms with van der Waals surface area (Å²) in [6, 6.07) is 4.75. The lowest BCUT2D eigenvalue weighted by Crippen LogP contribution is -2.18. The lowest BCUT2D eigenvalue weighted by atomic mass is 9.93. The predicted molar refractivity (Wildman–Crippen MR) is 77.2 cm³/mol. The number of hydrogen-bond acceptors (Lipinski definition) is 2. The van der Waals surface area contributed by atoms with E-state index in [-0.39, 0.29) is 6.04 Å². The van der Waals surface area contributed by atoms with Crippen LogP contribution in [0.3, 0.4) is 0 Å².